The lowest BCUT2D eigenvalue weighted by Crippen LogP contribution is -2.02. The highest BCUT2D eigenvalue weighted by atomic mass is 16.5. The van der Waals surface area contributed by atoms with Gasteiger partial charge in [0, 0.05) is 10.8 Å². The van der Waals surface area contributed by atoms with E-state index in [0.29, 0.717) is 0 Å². The highest BCUT2D eigenvalue weighted by Gasteiger charge is 2.24. The second-order valence-electron chi connectivity index (χ2n) is 8.50. The highest BCUT2D eigenvalue weighted by Crippen LogP contribution is 2.51. The molecule has 0 bridgehead atoms. The first-order valence-electron chi connectivity index (χ1n) is 11.2. The standard InChI is InChI=1S/C30H19BO2/c32-31-33-30-26-12-5-3-10-22(26)29(23-11-4-6-13-27(23)30)25-17-16-24-19-9-2-1-8-18(19)20-14-7-15-21(25)28(20)24/h1-17,31-32H. The predicted molar refractivity (Wildman–Crippen MR) is 139 cm³/mol. The van der Waals surface area contributed by atoms with E-state index in [1.54, 1.807) is 0 Å². The van der Waals surface area contributed by atoms with Gasteiger partial charge < -0.3 is 9.68 Å². The number of fused-ring (bicyclic) bond motifs is 5. The molecule has 0 fully saturated rings. The van der Waals surface area contributed by atoms with Gasteiger partial charge in [0.1, 0.15) is 5.75 Å². The second-order valence-corrected chi connectivity index (χ2v) is 8.50. The Morgan fingerprint density at radius 3 is 1.58 bits per heavy atom. The molecule has 1 aliphatic carbocycles. The van der Waals surface area contributed by atoms with Crippen LogP contribution < -0.4 is 4.65 Å². The molecule has 1 aliphatic rings. The highest BCUT2D eigenvalue weighted by molar-refractivity contribution is 6.26. The molecule has 0 amide bonds. The van der Waals surface area contributed by atoms with E-state index in [1.165, 1.54) is 44.2 Å². The Labute approximate surface area is 192 Å². The zero-order valence-corrected chi connectivity index (χ0v) is 17.9. The first-order chi connectivity index (χ1) is 16.4. The maximum Gasteiger partial charge on any atom is 0.504 e. The summed E-state index contributed by atoms with van der Waals surface area (Å²) in [6, 6.07) is 36.5. The van der Waals surface area contributed by atoms with E-state index >= 15 is 0 Å². The van der Waals surface area contributed by atoms with Crippen LogP contribution in [0.5, 0.6) is 5.75 Å². The van der Waals surface area contributed by atoms with Crippen molar-refractivity contribution < 1.29 is 9.68 Å². The van der Waals surface area contributed by atoms with Crippen molar-refractivity contribution in [2.45, 2.75) is 0 Å². The molecule has 2 nitrogen and oxygen atoms in total. The van der Waals surface area contributed by atoms with Crippen molar-refractivity contribution in [3.63, 3.8) is 0 Å². The van der Waals surface area contributed by atoms with Crippen molar-refractivity contribution in [2.24, 2.45) is 0 Å². The maximum absolute atomic E-state index is 9.60. The average Bonchev–Trinajstić information content (AvgIpc) is 3.20. The van der Waals surface area contributed by atoms with Crippen molar-refractivity contribution in [3.8, 4) is 39.1 Å². The summed E-state index contributed by atoms with van der Waals surface area (Å²) in [7, 11) is -0.355. The van der Waals surface area contributed by atoms with Gasteiger partial charge in [-0.3, -0.25) is 0 Å². The monoisotopic (exact) mass is 422 g/mol. The molecule has 6 aromatic rings. The van der Waals surface area contributed by atoms with Crippen LogP contribution in [-0.2, 0) is 0 Å². The molecule has 7 rings (SSSR count). The fourth-order valence-electron chi connectivity index (χ4n) is 5.63. The van der Waals surface area contributed by atoms with Crippen molar-refractivity contribution in [3.05, 3.63) is 103 Å². The first kappa shape index (κ1) is 18.5. The van der Waals surface area contributed by atoms with Crippen LogP contribution in [0.3, 0.4) is 0 Å². The number of rotatable bonds is 3. The molecular weight excluding hydrogens is 403 g/mol. The first-order valence-corrected chi connectivity index (χ1v) is 11.2. The van der Waals surface area contributed by atoms with Gasteiger partial charge in [0.2, 0.25) is 0 Å². The largest absolute Gasteiger partial charge is 0.538 e. The lowest BCUT2D eigenvalue weighted by Gasteiger charge is -2.18. The molecule has 0 aliphatic heterocycles. The molecular formula is C30H19BO2. The lowest BCUT2D eigenvalue weighted by atomic mass is 9.87. The molecule has 0 spiro atoms. The topological polar surface area (TPSA) is 29.5 Å². The number of hydrogen-bond donors (Lipinski definition) is 1. The molecule has 33 heavy (non-hydrogen) atoms. The van der Waals surface area contributed by atoms with Gasteiger partial charge in [-0.1, -0.05) is 103 Å². The normalized spacial score (nSPS) is 11.8. The zero-order valence-electron chi connectivity index (χ0n) is 17.9. The summed E-state index contributed by atoms with van der Waals surface area (Å²) in [5, 5.41) is 16.4. The minimum Gasteiger partial charge on any atom is -0.538 e. The van der Waals surface area contributed by atoms with Gasteiger partial charge in [-0.15, -0.1) is 0 Å². The van der Waals surface area contributed by atoms with Crippen molar-refractivity contribution in [2.75, 3.05) is 0 Å². The summed E-state index contributed by atoms with van der Waals surface area (Å²) < 4.78 is 5.76. The van der Waals surface area contributed by atoms with E-state index in [0.717, 1.165) is 27.3 Å². The van der Waals surface area contributed by atoms with E-state index < -0.39 is 0 Å². The lowest BCUT2D eigenvalue weighted by molar-refractivity contribution is 0.459. The number of hydrogen-bond acceptors (Lipinski definition) is 2. The Morgan fingerprint density at radius 1 is 0.455 bits per heavy atom. The second kappa shape index (κ2) is 6.96. The van der Waals surface area contributed by atoms with E-state index in [9.17, 15) is 5.02 Å². The van der Waals surface area contributed by atoms with E-state index in [-0.39, 0.29) is 7.69 Å². The molecule has 0 atom stereocenters. The minimum absolute atomic E-state index is 0.355. The molecule has 3 heteroatoms. The maximum atomic E-state index is 9.60. The molecule has 0 unspecified atom stereocenters. The smallest absolute Gasteiger partial charge is 0.504 e. The van der Waals surface area contributed by atoms with Crippen molar-refractivity contribution in [1.82, 2.24) is 0 Å². The van der Waals surface area contributed by atoms with Gasteiger partial charge in [0.05, 0.1) is 0 Å². The summed E-state index contributed by atoms with van der Waals surface area (Å²) in [4.78, 5) is 0. The molecule has 0 saturated carbocycles. The molecule has 0 heterocycles. The van der Waals surface area contributed by atoms with Crippen molar-refractivity contribution >= 4 is 40.0 Å². The SMILES string of the molecule is OBOc1c2ccccc2c(-c2ccc3c4c(cccc24)-c2ccccc2-3)c2ccccc12. The van der Waals surface area contributed by atoms with E-state index in [2.05, 4.69) is 91.0 Å². The third kappa shape index (κ3) is 2.48. The molecule has 154 valence electrons. The van der Waals surface area contributed by atoms with Crippen LogP contribution in [-0.4, -0.2) is 12.7 Å². The summed E-state index contributed by atoms with van der Waals surface area (Å²) in [6.45, 7) is 0. The zero-order chi connectivity index (χ0) is 21.9. The molecule has 0 aromatic heterocycles. The quantitative estimate of drug-likeness (QED) is 0.243. The van der Waals surface area contributed by atoms with E-state index in [1.807, 2.05) is 12.1 Å². The Bertz CT molecular complexity index is 1650. The van der Waals surface area contributed by atoms with Gasteiger partial charge in [-0.05, 0) is 54.9 Å². The van der Waals surface area contributed by atoms with Crippen LogP contribution >= 0.6 is 0 Å². The van der Waals surface area contributed by atoms with Gasteiger partial charge in [-0.25, -0.2) is 0 Å². The summed E-state index contributed by atoms with van der Waals surface area (Å²) in [6.07, 6.45) is 0. The van der Waals surface area contributed by atoms with Crippen LogP contribution in [0.1, 0.15) is 0 Å². The summed E-state index contributed by atoms with van der Waals surface area (Å²) in [5.41, 5.74) is 7.62. The van der Waals surface area contributed by atoms with Crippen LogP contribution in [0, 0.1) is 0 Å². The predicted octanol–water partition coefficient (Wildman–Crippen LogP) is 7.10. The third-order valence-electron chi connectivity index (χ3n) is 6.91. The minimum atomic E-state index is -0.355. The molecule has 6 aromatic carbocycles. The third-order valence-corrected chi connectivity index (χ3v) is 6.91. The molecule has 0 radical (unpaired) electrons. The average molecular weight is 422 g/mol. The summed E-state index contributed by atoms with van der Waals surface area (Å²) in [5.74, 6) is 0.728. The Kier molecular flexibility index (Phi) is 3.90. The van der Waals surface area contributed by atoms with E-state index in [4.69, 9.17) is 4.65 Å². The van der Waals surface area contributed by atoms with Crippen LogP contribution in [0.2, 0.25) is 0 Å². The Hall–Kier alpha value is -4.08. The fraction of sp³-hybridized carbons (Fsp3) is 0. The fourth-order valence-corrected chi connectivity index (χ4v) is 5.63. The molecule has 0 saturated heterocycles. The van der Waals surface area contributed by atoms with Crippen molar-refractivity contribution in [1.29, 1.82) is 0 Å². The van der Waals surface area contributed by atoms with Gasteiger partial charge in [0.25, 0.3) is 0 Å². The summed E-state index contributed by atoms with van der Waals surface area (Å²) >= 11 is 0. The van der Waals surface area contributed by atoms with Gasteiger partial charge in [-0.2, -0.15) is 0 Å². The Balaban J connectivity index is 1.66. The van der Waals surface area contributed by atoms with Gasteiger partial charge in [0.15, 0.2) is 0 Å². The Morgan fingerprint density at radius 2 is 0.939 bits per heavy atom. The van der Waals surface area contributed by atoms with Crippen LogP contribution in [0.25, 0.3) is 65.7 Å². The van der Waals surface area contributed by atoms with Crippen LogP contribution in [0.4, 0.5) is 0 Å². The van der Waals surface area contributed by atoms with Crippen LogP contribution in [0.15, 0.2) is 103 Å². The number of benzene rings is 6. The molecule has 1 N–H and O–H groups in total. The van der Waals surface area contributed by atoms with Gasteiger partial charge >= 0.3 is 7.69 Å².